The van der Waals surface area contributed by atoms with Crippen molar-refractivity contribution in [2.24, 2.45) is 7.05 Å². The number of hydrogen-bond donors (Lipinski definition) is 2. The lowest BCUT2D eigenvalue weighted by Crippen LogP contribution is -2.43. The molecule has 8 heteroatoms. The van der Waals surface area contributed by atoms with E-state index in [1.165, 1.54) is 0 Å². The zero-order chi connectivity index (χ0) is 26.1. The number of nitrogens with one attached hydrogen (secondary N) is 1. The first-order valence-corrected chi connectivity index (χ1v) is 12.3. The van der Waals surface area contributed by atoms with Crippen LogP contribution in [0.15, 0.2) is 72.8 Å². The Morgan fingerprint density at radius 2 is 1.68 bits per heavy atom. The van der Waals surface area contributed by atoms with Gasteiger partial charge in [0.1, 0.15) is 12.6 Å². The van der Waals surface area contributed by atoms with E-state index in [1.807, 2.05) is 62.5 Å². The minimum atomic E-state index is -1.21. The number of ether oxygens (including phenoxy) is 1. The van der Waals surface area contributed by atoms with Gasteiger partial charge in [-0.2, -0.15) is 5.10 Å². The topological polar surface area (TPSA) is 93.5 Å². The second-order valence-corrected chi connectivity index (χ2v) is 9.60. The Hall–Kier alpha value is -4.10. The molecule has 188 valence electrons. The van der Waals surface area contributed by atoms with Gasteiger partial charge in [0.15, 0.2) is 0 Å². The third-order valence-electron chi connectivity index (χ3n) is 6.70. The van der Waals surface area contributed by atoms with Crippen LogP contribution in [-0.2, 0) is 23.0 Å². The van der Waals surface area contributed by atoms with E-state index >= 15 is 0 Å². The standard InChI is InChI=1S/C29H26ClN3O4/c1-17-13-27(33(2)32-17)20-12-11-19(30)14-18(20)15-26(28(34)35)31-29(36)37-16-25-23-9-5-3-7-21(23)22-8-4-6-10-24(22)25/h3-14,25-26H,15-16H2,1-2H3,(H,31,36)(H,34,35)/t26-/m0/s1. The van der Waals surface area contributed by atoms with E-state index in [-0.39, 0.29) is 18.9 Å². The van der Waals surface area contributed by atoms with Crippen LogP contribution in [0.2, 0.25) is 5.02 Å². The van der Waals surface area contributed by atoms with Crippen LogP contribution in [-0.4, -0.2) is 39.6 Å². The average molecular weight is 516 g/mol. The second kappa shape index (κ2) is 10.1. The van der Waals surface area contributed by atoms with E-state index in [2.05, 4.69) is 22.5 Å². The minimum Gasteiger partial charge on any atom is -0.480 e. The van der Waals surface area contributed by atoms with Gasteiger partial charge in [0.2, 0.25) is 0 Å². The van der Waals surface area contributed by atoms with Gasteiger partial charge >= 0.3 is 12.1 Å². The monoisotopic (exact) mass is 515 g/mol. The predicted octanol–water partition coefficient (Wildman–Crippen LogP) is 5.58. The van der Waals surface area contributed by atoms with Crippen LogP contribution in [0.5, 0.6) is 0 Å². The number of carbonyl (C=O) groups excluding carboxylic acids is 1. The molecule has 3 aromatic carbocycles. The fraction of sp³-hybridized carbons (Fsp3) is 0.207. The first kappa shape index (κ1) is 24.6. The van der Waals surface area contributed by atoms with Gasteiger partial charge in [0.25, 0.3) is 0 Å². The first-order chi connectivity index (χ1) is 17.8. The van der Waals surface area contributed by atoms with Crippen molar-refractivity contribution in [1.82, 2.24) is 15.1 Å². The molecule has 2 N–H and O–H groups in total. The number of carboxylic acid groups (broad SMARTS) is 1. The number of carbonyl (C=O) groups is 2. The molecular formula is C29H26ClN3O4. The molecule has 37 heavy (non-hydrogen) atoms. The normalized spacial score (nSPS) is 13.1. The number of fused-ring (bicyclic) bond motifs is 3. The van der Waals surface area contributed by atoms with Crippen LogP contribution >= 0.6 is 11.6 Å². The molecule has 0 spiro atoms. The molecule has 0 bridgehead atoms. The second-order valence-electron chi connectivity index (χ2n) is 9.16. The summed E-state index contributed by atoms with van der Waals surface area (Å²) in [5.74, 6) is -1.28. The summed E-state index contributed by atoms with van der Waals surface area (Å²) in [5.41, 5.74) is 7.56. The van der Waals surface area contributed by atoms with Gasteiger partial charge < -0.3 is 15.2 Å². The molecule has 5 rings (SSSR count). The zero-order valence-corrected chi connectivity index (χ0v) is 21.2. The molecule has 0 saturated heterocycles. The number of aromatic nitrogens is 2. The summed E-state index contributed by atoms with van der Waals surface area (Å²) >= 11 is 6.24. The Bertz CT molecular complexity index is 1450. The molecule has 0 saturated carbocycles. The minimum absolute atomic E-state index is 0.0274. The molecule has 0 aliphatic heterocycles. The highest BCUT2D eigenvalue weighted by molar-refractivity contribution is 6.30. The Morgan fingerprint density at radius 1 is 1.03 bits per heavy atom. The highest BCUT2D eigenvalue weighted by Crippen LogP contribution is 2.44. The van der Waals surface area contributed by atoms with Crippen LogP contribution < -0.4 is 5.32 Å². The van der Waals surface area contributed by atoms with Gasteiger partial charge in [-0.05, 0) is 52.9 Å². The van der Waals surface area contributed by atoms with Crippen molar-refractivity contribution in [3.8, 4) is 22.4 Å². The molecule has 1 amide bonds. The molecule has 0 unspecified atom stereocenters. The molecule has 1 aliphatic carbocycles. The largest absolute Gasteiger partial charge is 0.480 e. The fourth-order valence-electron chi connectivity index (χ4n) is 5.05. The number of halogens is 1. The van der Waals surface area contributed by atoms with E-state index in [9.17, 15) is 14.7 Å². The number of amides is 1. The molecule has 1 atom stereocenters. The van der Waals surface area contributed by atoms with Crippen molar-refractivity contribution in [1.29, 1.82) is 0 Å². The molecule has 7 nitrogen and oxygen atoms in total. The summed E-state index contributed by atoms with van der Waals surface area (Å²) in [5, 5.41) is 17.3. The van der Waals surface area contributed by atoms with Gasteiger partial charge in [-0.15, -0.1) is 0 Å². The number of rotatable bonds is 7. The van der Waals surface area contributed by atoms with Crippen molar-refractivity contribution in [2.45, 2.75) is 25.3 Å². The van der Waals surface area contributed by atoms with Crippen molar-refractivity contribution < 1.29 is 19.4 Å². The first-order valence-electron chi connectivity index (χ1n) is 12.0. The average Bonchev–Trinajstić information content (AvgIpc) is 3.38. The number of nitrogens with zero attached hydrogens (tertiary/aromatic N) is 2. The number of benzene rings is 3. The molecule has 1 aromatic heterocycles. The third-order valence-corrected chi connectivity index (χ3v) is 6.94. The quantitative estimate of drug-likeness (QED) is 0.335. The summed E-state index contributed by atoms with van der Waals surface area (Å²) in [7, 11) is 1.82. The van der Waals surface area contributed by atoms with Crippen LogP contribution in [0.3, 0.4) is 0 Å². The highest BCUT2D eigenvalue weighted by atomic mass is 35.5. The lowest BCUT2D eigenvalue weighted by Gasteiger charge is -2.19. The zero-order valence-electron chi connectivity index (χ0n) is 20.4. The van der Waals surface area contributed by atoms with E-state index in [0.29, 0.717) is 10.6 Å². The van der Waals surface area contributed by atoms with Crippen LogP contribution in [0.25, 0.3) is 22.4 Å². The van der Waals surface area contributed by atoms with Crippen LogP contribution in [0.1, 0.15) is 28.3 Å². The number of aryl methyl sites for hydroxylation is 2. The summed E-state index contributed by atoms with van der Waals surface area (Å²) < 4.78 is 7.30. The third kappa shape index (κ3) is 4.95. The number of aliphatic carboxylic acids is 1. The maximum absolute atomic E-state index is 12.8. The van der Waals surface area contributed by atoms with E-state index < -0.39 is 18.1 Å². The fourth-order valence-corrected chi connectivity index (χ4v) is 5.24. The Kier molecular flexibility index (Phi) is 6.72. The summed E-state index contributed by atoms with van der Waals surface area (Å²) in [6, 6.07) is 22.1. The Labute approximate surface area is 219 Å². The number of alkyl carbamates (subject to hydrolysis) is 1. The molecule has 1 aliphatic rings. The van der Waals surface area contributed by atoms with Crippen molar-refractivity contribution in [3.05, 3.63) is 100 Å². The van der Waals surface area contributed by atoms with Crippen molar-refractivity contribution in [2.75, 3.05) is 6.61 Å². The Morgan fingerprint density at radius 3 is 2.27 bits per heavy atom. The molecular weight excluding hydrogens is 490 g/mol. The molecule has 1 heterocycles. The highest BCUT2D eigenvalue weighted by Gasteiger charge is 2.30. The molecule has 0 fully saturated rings. The summed E-state index contributed by atoms with van der Waals surface area (Å²) in [6.07, 6.45) is -0.756. The lowest BCUT2D eigenvalue weighted by molar-refractivity contribution is -0.139. The van der Waals surface area contributed by atoms with Gasteiger partial charge in [0.05, 0.1) is 11.4 Å². The predicted molar refractivity (Wildman–Crippen MR) is 142 cm³/mol. The SMILES string of the molecule is Cc1cc(-c2ccc(Cl)cc2C[C@H](NC(=O)OCC2c3ccccc3-c3ccccc32)C(=O)O)n(C)n1. The van der Waals surface area contributed by atoms with Gasteiger partial charge in [0, 0.05) is 30.0 Å². The van der Waals surface area contributed by atoms with Crippen molar-refractivity contribution in [3.63, 3.8) is 0 Å². The summed E-state index contributed by atoms with van der Waals surface area (Å²) in [4.78, 5) is 24.9. The Balaban J connectivity index is 1.32. The molecule has 4 aromatic rings. The molecule has 0 radical (unpaired) electrons. The van der Waals surface area contributed by atoms with Crippen LogP contribution in [0.4, 0.5) is 4.79 Å². The van der Waals surface area contributed by atoms with Gasteiger partial charge in [-0.3, -0.25) is 4.68 Å². The maximum atomic E-state index is 12.8. The lowest BCUT2D eigenvalue weighted by atomic mass is 9.97. The smallest absolute Gasteiger partial charge is 0.407 e. The van der Waals surface area contributed by atoms with Gasteiger partial charge in [-0.25, -0.2) is 9.59 Å². The van der Waals surface area contributed by atoms with E-state index in [1.54, 1.807) is 16.8 Å². The van der Waals surface area contributed by atoms with Gasteiger partial charge in [-0.1, -0.05) is 66.2 Å². The number of carboxylic acids is 1. The van der Waals surface area contributed by atoms with E-state index in [0.717, 1.165) is 39.2 Å². The number of hydrogen-bond acceptors (Lipinski definition) is 4. The van der Waals surface area contributed by atoms with Crippen molar-refractivity contribution >= 4 is 23.7 Å². The summed E-state index contributed by atoms with van der Waals surface area (Å²) in [6.45, 7) is 1.99. The maximum Gasteiger partial charge on any atom is 0.407 e. The van der Waals surface area contributed by atoms with Crippen LogP contribution in [0, 0.1) is 6.92 Å². The van der Waals surface area contributed by atoms with E-state index in [4.69, 9.17) is 16.3 Å².